The lowest BCUT2D eigenvalue weighted by molar-refractivity contribution is -0.133. The minimum Gasteiger partial charge on any atom is -0.427 e. The molecule has 1 aliphatic rings. The first-order valence-electron chi connectivity index (χ1n) is 5.59. The van der Waals surface area contributed by atoms with E-state index in [1.165, 1.54) is 0 Å². The smallest absolute Gasteiger partial charge is 0.343 e. The molecule has 0 bridgehead atoms. The van der Waals surface area contributed by atoms with E-state index in [1.54, 1.807) is 18.2 Å². The van der Waals surface area contributed by atoms with Crippen molar-refractivity contribution in [2.75, 3.05) is 0 Å². The third kappa shape index (κ3) is 2.77. The molecule has 0 saturated heterocycles. The summed E-state index contributed by atoms with van der Waals surface area (Å²) in [7, 11) is 0. The summed E-state index contributed by atoms with van der Waals surface area (Å²) < 4.78 is 5.14. The third-order valence-corrected chi connectivity index (χ3v) is 2.83. The van der Waals surface area contributed by atoms with E-state index in [1.807, 2.05) is 25.1 Å². The average Bonchev–Trinajstić information content (AvgIpc) is 2.63. The zero-order valence-corrected chi connectivity index (χ0v) is 10.3. The molecule has 0 radical (unpaired) electrons. The van der Waals surface area contributed by atoms with Gasteiger partial charge < -0.3 is 4.74 Å². The van der Waals surface area contributed by atoms with Crippen molar-refractivity contribution >= 4 is 23.6 Å². The van der Waals surface area contributed by atoms with E-state index in [0.29, 0.717) is 10.6 Å². The third-order valence-electron chi connectivity index (χ3n) is 2.49. The molecule has 3 heteroatoms. The summed E-state index contributed by atoms with van der Waals surface area (Å²) in [5, 5.41) is 0.630. The van der Waals surface area contributed by atoms with Crippen molar-refractivity contribution in [1.82, 2.24) is 0 Å². The molecule has 17 heavy (non-hydrogen) atoms. The molecule has 0 unspecified atom stereocenters. The van der Waals surface area contributed by atoms with E-state index in [2.05, 4.69) is 0 Å². The number of allylic oxidation sites excluding steroid dienone is 1. The van der Waals surface area contributed by atoms with E-state index in [0.717, 1.165) is 24.2 Å². The summed E-state index contributed by atoms with van der Waals surface area (Å²) in [6.45, 7) is 2.05. The van der Waals surface area contributed by atoms with Gasteiger partial charge in [-0.15, -0.1) is 0 Å². The minimum atomic E-state index is -0.298. The van der Waals surface area contributed by atoms with Crippen LogP contribution in [0.25, 0.3) is 6.08 Å². The normalized spacial score (nSPS) is 17.2. The number of cyclic esters (lactones) is 1. The highest BCUT2D eigenvalue weighted by atomic mass is 35.5. The zero-order valence-electron chi connectivity index (χ0n) is 9.57. The summed E-state index contributed by atoms with van der Waals surface area (Å²) in [5.41, 5.74) is 1.39. The van der Waals surface area contributed by atoms with Crippen LogP contribution in [0.2, 0.25) is 5.02 Å². The van der Waals surface area contributed by atoms with Crippen molar-refractivity contribution in [2.24, 2.45) is 0 Å². The van der Waals surface area contributed by atoms with Gasteiger partial charge >= 0.3 is 5.97 Å². The summed E-state index contributed by atoms with van der Waals surface area (Å²) in [6.07, 6.45) is 5.28. The molecule has 1 aromatic carbocycles. The lowest BCUT2D eigenvalue weighted by Gasteiger charge is -1.98. The molecule has 1 heterocycles. The van der Waals surface area contributed by atoms with Gasteiger partial charge in [-0.2, -0.15) is 0 Å². The van der Waals surface area contributed by atoms with Gasteiger partial charge in [0.1, 0.15) is 5.76 Å². The van der Waals surface area contributed by atoms with Gasteiger partial charge in [-0.25, -0.2) is 4.79 Å². The van der Waals surface area contributed by atoms with Gasteiger partial charge in [-0.3, -0.25) is 0 Å². The molecule has 88 valence electrons. The Labute approximate surface area is 106 Å². The van der Waals surface area contributed by atoms with E-state index >= 15 is 0 Å². The molecule has 1 aliphatic heterocycles. The van der Waals surface area contributed by atoms with Gasteiger partial charge in [-0.1, -0.05) is 36.7 Å². The van der Waals surface area contributed by atoms with Crippen LogP contribution in [0.5, 0.6) is 0 Å². The lowest BCUT2D eigenvalue weighted by Crippen LogP contribution is -1.97. The standard InChI is InChI=1S/C14H13ClO2/c1-2-5-12-9-11(14(16)17-12)8-10-6-3-4-7-13(10)15/h3-4,6-9H,2,5H2,1H3. The van der Waals surface area contributed by atoms with Crippen molar-refractivity contribution in [2.45, 2.75) is 19.8 Å². The highest BCUT2D eigenvalue weighted by Gasteiger charge is 2.20. The maximum absolute atomic E-state index is 11.6. The maximum Gasteiger partial charge on any atom is 0.343 e. The molecular weight excluding hydrogens is 236 g/mol. The van der Waals surface area contributed by atoms with Crippen LogP contribution >= 0.6 is 11.6 Å². The SMILES string of the molecule is CCCC1=CC(=Cc2ccccc2Cl)C(=O)O1. The summed E-state index contributed by atoms with van der Waals surface area (Å²) in [5.74, 6) is 0.434. The van der Waals surface area contributed by atoms with Crippen molar-refractivity contribution in [3.05, 3.63) is 52.3 Å². The Morgan fingerprint density at radius 1 is 1.35 bits per heavy atom. The van der Waals surface area contributed by atoms with Crippen LogP contribution in [0.1, 0.15) is 25.3 Å². The second kappa shape index (κ2) is 5.19. The highest BCUT2D eigenvalue weighted by molar-refractivity contribution is 6.32. The molecule has 2 rings (SSSR count). The Hall–Kier alpha value is -1.54. The number of halogens is 1. The molecule has 0 atom stereocenters. The Balaban J connectivity index is 2.28. The van der Waals surface area contributed by atoms with Crippen LogP contribution < -0.4 is 0 Å². The average molecular weight is 249 g/mol. The van der Waals surface area contributed by atoms with E-state index < -0.39 is 0 Å². The van der Waals surface area contributed by atoms with Crippen molar-refractivity contribution in [3.8, 4) is 0 Å². The Morgan fingerprint density at radius 2 is 2.12 bits per heavy atom. The molecular formula is C14H13ClO2. The predicted molar refractivity (Wildman–Crippen MR) is 68.5 cm³/mol. The van der Waals surface area contributed by atoms with Gasteiger partial charge in [-0.05, 0) is 30.2 Å². The van der Waals surface area contributed by atoms with Gasteiger partial charge in [0.25, 0.3) is 0 Å². The topological polar surface area (TPSA) is 26.3 Å². The number of hydrogen-bond acceptors (Lipinski definition) is 2. The van der Waals surface area contributed by atoms with Crippen LogP contribution in [-0.2, 0) is 9.53 Å². The first-order valence-corrected chi connectivity index (χ1v) is 5.97. The maximum atomic E-state index is 11.6. The Bertz CT molecular complexity index is 501. The van der Waals surface area contributed by atoms with Gasteiger partial charge in [0, 0.05) is 11.4 Å². The second-order valence-electron chi connectivity index (χ2n) is 3.87. The van der Waals surface area contributed by atoms with Crippen LogP contribution in [0, 0.1) is 0 Å². The zero-order chi connectivity index (χ0) is 12.3. The van der Waals surface area contributed by atoms with Crippen molar-refractivity contribution < 1.29 is 9.53 Å². The second-order valence-corrected chi connectivity index (χ2v) is 4.28. The first kappa shape index (κ1) is 11.9. The molecule has 0 fully saturated rings. The monoisotopic (exact) mass is 248 g/mol. The number of benzene rings is 1. The molecule has 0 aliphatic carbocycles. The summed E-state index contributed by atoms with van der Waals surface area (Å²) >= 11 is 6.03. The van der Waals surface area contributed by atoms with Crippen LogP contribution in [0.4, 0.5) is 0 Å². The van der Waals surface area contributed by atoms with Gasteiger partial charge in [0.2, 0.25) is 0 Å². The Morgan fingerprint density at radius 3 is 2.82 bits per heavy atom. The van der Waals surface area contributed by atoms with E-state index in [-0.39, 0.29) is 5.97 Å². The summed E-state index contributed by atoms with van der Waals surface area (Å²) in [6, 6.07) is 7.41. The fourth-order valence-electron chi connectivity index (χ4n) is 1.67. The quantitative estimate of drug-likeness (QED) is 0.598. The highest BCUT2D eigenvalue weighted by Crippen LogP contribution is 2.25. The summed E-state index contributed by atoms with van der Waals surface area (Å²) in [4.78, 5) is 11.6. The molecule has 2 nitrogen and oxygen atoms in total. The van der Waals surface area contributed by atoms with Crippen LogP contribution in [0.3, 0.4) is 0 Å². The number of carbonyl (C=O) groups is 1. The number of rotatable bonds is 3. The Kier molecular flexibility index (Phi) is 3.64. The molecule has 0 saturated carbocycles. The largest absolute Gasteiger partial charge is 0.427 e. The molecule has 0 aromatic heterocycles. The number of esters is 1. The lowest BCUT2D eigenvalue weighted by atomic mass is 10.1. The minimum absolute atomic E-state index is 0.298. The molecule has 0 spiro atoms. The number of ether oxygens (including phenoxy) is 1. The molecule has 0 amide bonds. The van der Waals surface area contributed by atoms with Gasteiger partial charge in [0.15, 0.2) is 0 Å². The van der Waals surface area contributed by atoms with E-state index in [4.69, 9.17) is 16.3 Å². The van der Waals surface area contributed by atoms with Crippen LogP contribution in [0.15, 0.2) is 41.7 Å². The predicted octanol–water partition coefficient (Wildman–Crippen LogP) is 3.96. The van der Waals surface area contributed by atoms with E-state index in [9.17, 15) is 4.79 Å². The van der Waals surface area contributed by atoms with Gasteiger partial charge in [0.05, 0.1) is 5.57 Å². The van der Waals surface area contributed by atoms with Crippen molar-refractivity contribution in [3.63, 3.8) is 0 Å². The van der Waals surface area contributed by atoms with Crippen LogP contribution in [-0.4, -0.2) is 5.97 Å². The number of hydrogen-bond donors (Lipinski definition) is 0. The van der Waals surface area contributed by atoms with Crippen molar-refractivity contribution in [1.29, 1.82) is 0 Å². The fraction of sp³-hybridized carbons (Fsp3) is 0.214. The molecule has 0 N–H and O–H groups in total. The number of carbonyl (C=O) groups excluding carboxylic acids is 1. The first-order chi connectivity index (χ1) is 8.20. The fourth-order valence-corrected chi connectivity index (χ4v) is 1.86. The molecule has 1 aromatic rings.